The summed E-state index contributed by atoms with van der Waals surface area (Å²) in [5.74, 6) is -1.32. The molecule has 0 radical (unpaired) electrons. The van der Waals surface area contributed by atoms with Gasteiger partial charge in [0.25, 0.3) is 0 Å². The first-order valence-electron chi connectivity index (χ1n) is 10.1. The Morgan fingerprint density at radius 2 is 1.78 bits per heavy atom. The number of amides is 1. The van der Waals surface area contributed by atoms with Gasteiger partial charge in [0.05, 0.1) is 21.8 Å². The maximum absolute atomic E-state index is 13.2. The zero-order chi connectivity index (χ0) is 23.7. The molecule has 1 heterocycles. The van der Waals surface area contributed by atoms with Crippen LogP contribution in [0.5, 0.6) is 0 Å². The second-order valence-corrected chi connectivity index (χ2v) is 11.4. The van der Waals surface area contributed by atoms with Crippen LogP contribution in [0.1, 0.15) is 31.4 Å². The van der Waals surface area contributed by atoms with Crippen molar-refractivity contribution in [2.75, 3.05) is 20.1 Å². The number of hydrogen-bond acceptors (Lipinski definition) is 5. The van der Waals surface area contributed by atoms with Crippen LogP contribution in [0.25, 0.3) is 0 Å². The van der Waals surface area contributed by atoms with E-state index >= 15 is 0 Å². The van der Waals surface area contributed by atoms with Gasteiger partial charge in [-0.15, -0.1) is 0 Å². The van der Waals surface area contributed by atoms with Crippen molar-refractivity contribution >= 4 is 26.0 Å². The van der Waals surface area contributed by atoms with Crippen molar-refractivity contribution in [3.8, 4) is 0 Å². The number of halogens is 1. The van der Waals surface area contributed by atoms with Gasteiger partial charge in [-0.25, -0.2) is 26.4 Å². The molecule has 1 amide bonds. The number of carbonyl (C=O) groups excluding carboxylic acids is 1. The molecule has 0 bridgehead atoms. The average Bonchev–Trinajstić information content (AvgIpc) is 2.77. The minimum Gasteiger partial charge on any atom is -0.339 e. The Bertz CT molecular complexity index is 1200. The molecule has 11 heteroatoms. The maximum Gasteiger partial charge on any atom is 0.243 e. The van der Waals surface area contributed by atoms with Crippen LogP contribution in [0.3, 0.4) is 0 Å². The quantitative estimate of drug-likeness (QED) is 0.675. The van der Waals surface area contributed by atoms with E-state index in [2.05, 4.69) is 0 Å². The number of nitrogens with two attached hydrogens (primary N) is 1. The molecule has 2 unspecified atom stereocenters. The summed E-state index contributed by atoms with van der Waals surface area (Å²) in [6.45, 7) is 2.06. The summed E-state index contributed by atoms with van der Waals surface area (Å²) in [7, 11) is -6.13. The molecule has 32 heavy (non-hydrogen) atoms. The highest BCUT2D eigenvalue weighted by Gasteiger charge is 2.35. The number of sulfonamides is 2. The molecule has 2 atom stereocenters. The number of benzene rings is 2. The summed E-state index contributed by atoms with van der Waals surface area (Å²) in [5.41, 5.74) is 0.596. The lowest BCUT2D eigenvalue weighted by molar-refractivity contribution is -0.137. The number of rotatable bonds is 6. The van der Waals surface area contributed by atoms with Gasteiger partial charge < -0.3 is 4.90 Å². The molecule has 2 aromatic carbocycles. The van der Waals surface area contributed by atoms with E-state index in [-0.39, 0.29) is 28.8 Å². The number of carbonyl (C=O) groups is 1. The summed E-state index contributed by atoms with van der Waals surface area (Å²) in [4.78, 5) is 14.6. The molecule has 174 valence electrons. The average molecular weight is 484 g/mol. The van der Waals surface area contributed by atoms with E-state index in [4.69, 9.17) is 5.14 Å². The normalized spacial score (nSPS) is 18.8. The molecule has 1 fully saturated rings. The van der Waals surface area contributed by atoms with Crippen LogP contribution in [-0.4, -0.2) is 52.1 Å². The van der Waals surface area contributed by atoms with E-state index in [1.165, 1.54) is 33.5 Å². The van der Waals surface area contributed by atoms with Gasteiger partial charge in [0, 0.05) is 20.1 Å². The van der Waals surface area contributed by atoms with Crippen LogP contribution < -0.4 is 5.14 Å². The number of piperidine rings is 1. The van der Waals surface area contributed by atoms with Crippen molar-refractivity contribution in [1.29, 1.82) is 0 Å². The van der Waals surface area contributed by atoms with Gasteiger partial charge in [0.2, 0.25) is 26.0 Å². The van der Waals surface area contributed by atoms with Crippen LogP contribution in [0.15, 0.2) is 58.3 Å². The molecule has 0 saturated carbocycles. The van der Waals surface area contributed by atoms with E-state index in [1.54, 1.807) is 26.1 Å². The summed E-state index contributed by atoms with van der Waals surface area (Å²) >= 11 is 0. The molecule has 1 aliphatic heterocycles. The van der Waals surface area contributed by atoms with Crippen molar-refractivity contribution in [3.63, 3.8) is 0 Å². The highest BCUT2D eigenvalue weighted by Crippen LogP contribution is 2.28. The third-order valence-electron chi connectivity index (χ3n) is 5.78. The second-order valence-electron chi connectivity index (χ2n) is 7.90. The lowest BCUT2D eigenvalue weighted by Gasteiger charge is -2.35. The highest BCUT2D eigenvalue weighted by molar-refractivity contribution is 7.89. The van der Waals surface area contributed by atoms with Gasteiger partial charge >= 0.3 is 0 Å². The van der Waals surface area contributed by atoms with Crippen molar-refractivity contribution in [3.05, 3.63) is 59.9 Å². The highest BCUT2D eigenvalue weighted by atomic mass is 32.2. The largest absolute Gasteiger partial charge is 0.339 e. The Hall–Kier alpha value is -2.34. The van der Waals surface area contributed by atoms with Crippen LogP contribution in [-0.2, 0) is 24.8 Å². The lowest BCUT2D eigenvalue weighted by atomic mass is 9.97. The van der Waals surface area contributed by atoms with Gasteiger partial charge in [-0.3, -0.25) is 4.79 Å². The summed E-state index contributed by atoms with van der Waals surface area (Å²) < 4.78 is 63.6. The zero-order valence-electron chi connectivity index (χ0n) is 17.8. The second kappa shape index (κ2) is 9.26. The van der Waals surface area contributed by atoms with Gasteiger partial charge in [-0.1, -0.05) is 12.1 Å². The van der Waals surface area contributed by atoms with Crippen LogP contribution in [0.2, 0.25) is 0 Å². The molecule has 0 aliphatic carbocycles. The van der Waals surface area contributed by atoms with Crippen molar-refractivity contribution in [1.82, 2.24) is 9.21 Å². The van der Waals surface area contributed by atoms with Crippen LogP contribution >= 0.6 is 0 Å². The van der Waals surface area contributed by atoms with E-state index < -0.39 is 37.8 Å². The smallest absolute Gasteiger partial charge is 0.243 e. The Morgan fingerprint density at radius 1 is 1.12 bits per heavy atom. The Balaban J connectivity index is 1.76. The third kappa shape index (κ3) is 5.17. The Kier molecular flexibility index (Phi) is 7.03. The summed E-state index contributed by atoms with van der Waals surface area (Å²) in [6.07, 6.45) is 1.04. The Morgan fingerprint density at radius 3 is 2.41 bits per heavy atom. The number of nitrogens with zero attached hydrogens (tertiary/aromatic N) is 2. The molecule has 2 N–H and O–H groups in total. The molecule has 1 aliphatic rings. The molecule has 0 aromatic heterocycles. The molecular weight excluding hydrogens is 457 g/mol. The van der Waals surface area contributed by atoms with Gasteiger partial charge in [0.1, 0.15) is 5.82 Å². The fraction of sp³-hybridized carbons (Fsp3) is 0.381. The minimum absolute atomic E-state index is 0.0199. The molecule has 2 aromatic rings. The fourth-order valence-corrected chi connectivity index (χ4v) is 5.86. The van der Waals surface area contributed by atoms with Crippen LogP contribution in [0, 0.1) is 11.7 Å². The zero-order valence-corrected chi connectivity index (χ0v) is 19.4. The van der Waals surface area contributed by atoms with Crippen molar-refractivity contribution in [2.45, 2.75) is 35.6 Å². The lowest BCUT2D eigenvalue weighted by Crippen LogP contribution is -2.46. The SMILES string of the molecule is CC(c1cccc(S(N)(=O)=O)c1)N(C)C(=O)C1CCCN(S(=O)(=O)c2ccc(F)cc2)C1. The first-order chi connectivity index (χ1) is 14.9. The Labute approximate surface area is 187 Å². The predicted molar refractivity (Wildman–Crippen MR) is 117 cm³/mol. The van der Waals surface area contributed by atoms with Gasteiger partial charge in [0.15, 0.2) is 0 Å². The molecule has 1 saturated heterocycles. The van der Waals surface area contributed by atoms with Crippen molar-refractivity contribution in [2.24, 2.45) is 11.1 Å². The monoisotopic (exact) mass is 483 g/mol. The molecular formula is C21H26FN3O5S2. The predicted octanol–water partition coefficient (Wildman–Crippen LogP) is 2.09. The first kappa shape index (κ1) is 24.3. The maximum atomic E-state index is 13.2. The summed E-state index contributed by atoms with van der Waals surface area (Å²) in [5, 5.41) is 5.20. The topological polar surface area (TPSA) is 118 Å². The fourth-order valence-electron chi connectivity index (χ4n) is 3.77. The standard InChI is InChI=1S/C21H26FN3O5S2/c1-15(16-5-3-7-20(13-16)31(23,27)28)24(2)21(26)17-6-4-12-25(14-17)32(29,30)19-10-8-18(22)9-11-19/h3,5,7-11,13,15,17H,4,6,12,14H2,1-2H3,(H2,23,27,28). The van der Waals surface area contributed by atoms with Crippen molar-refractivity contribution < 1.29 is 26.0 Å². The molecule has 8 nitrogen and oxygen atoms in total. The number of primary sulfonamides is 1. The van der Waals surface area contributed by atoms with Crippen LogP contribution in [0.4, 0.5) is 4.39 Å². The molecule has 3 rings (SSSR count). The van der Waals surface area contributed by atoms with E-state index in [9.17, 15) is 26.0 Å². The summed E-state index contributed by atoms with van der Waals surface area (Å²) in [6, 6.07) is 10.2. The minimum atomic E-state index is -3.88. The first-order valence-corrected chi connectivity index (χ1v) is 13.0. The third-order valence-corrected chi connectivity index (χ3v) is 8.57. The molecule has 0 spiro atoms. The van der Waals surface area contributed by atoms with E-state index in [0.29, 0.717) is 18.4 Å². The van der Waals surface area contributed by atoms with E-state index in [0.717, 1.165) is 12.1 Å². The van der Waals surface area contributed by atoms with E-state index in [1.807, 2.05) is 0 Å². The van der Waals surface area contributed by atoms with Gasteiger partial charge in [-0.2, -0.15) is 4.31 Å². The van der Waals surface area contributed by atoms with Gasteiger partial charge in [-0.05, 0) is 61.7 Å². The number of hydrogen-bond donors (Lipinski definition) is 1.